The largest absolute Gasteiger partial charge is 0.277 e. The highest BCUT2D eigenvalue weighted by atomic mass is 16.7. The summed E-state index contributed by atoms with van der Waals surface area (Å²) in [5, 5.41) is 1.31. The van der Waals surface area contributed by atoms with Crippen molar-refractivity contribution in [3.63, 3.8) is 0 Å². The molecule has 1 rings (SSSR count). The maximum atomic E-state index is 11.6. The minimum atomic E-state index is -0.106. The Bertz CT molecular complexity index is 268. The number of benzene rings is 1. The van der Waals surface area contributed by atoms with Gasteiger partial charge in [0.25, 0.3) is 5.91 Å². The van der Waals surface area contributed by atoms with Gasteiger partial charge in [-0.3, -0.25) is 9.63 Å². The molecule has 1 aromatic rings. The van der Waals surface area contributed by atoms with Crippen LogP contribution in [-0.2, 0) is 4.84 Å². The Balaban J connectivity index is 2.78. The van der Waals surface area contributed by atoms with Crippen molar-refractivity contribution in [1.82, 2.24) is 5.06 Å². The van der Waals surface area contributed by atoms with Crippen molar-refractivity contribution in [3.8, 4) is 0 Å². The van der Waals surface area contributed by atoms with Crippen molar-refractivity contribution in [2.75, 3.05) is 13.7 Å². The van der Waals surface area contributed by atoms with Crippen molar-refractivity contribution in [2.45, 2.75) is 6.92 Å². The van der Waals surface area contributed by atoms with E-state index in [0.717, 1.165) is 0 Å². The fourth-order valence-electron chi connectivity index (χ4n) is 1.08. The number of rotatable bonds is 3. The Hall–Kier alpha value is -1.35. The molecule has 0 radical (unpaired) electrons. The first-order chi connectivity index (χ1) is 6.29. The van der Waals surface area contributed by atoms with Gasteiger partial charge in [0.05, 0.1) is 7.11 Å². The molecule has 0 fully saturated rings. The van der Waals surface area contributed by atoms with Crippen LogP contribution >= 0.6 is 0 Å². The Kier molecular flexibility index (Phi) is 3.46. The zero-order valence-electron chi connectivity index (χ0n) is 7.86. The van der Waals surface area contributed by atoms with Crippen LogP contribution in [0.3, 0.4) is 0 Å². The van der Waals surface area contributed by atoms with Crippen LogP contribution in [0.4, 0.5) is 0 Å². The predicted octanol–water partition coefficient (Wildman–Crippen LogP) is 1.71. The third-order valence-corrected chi connectivity index (χ3v) is 1.75. The van der Waals surface area contributed by atoms with Crippen LogP contribution in [0, 0.1) is 0 Å². The van der Waals surface area contributed by atoms with Crippen LogP contribution in [0.2, 0.25) is 0 Å². The van der Waals surface area contributed by atoms with E-state index in [0.29, 0.717) is 12.1 Å². The van der Waals surface area contributed by atoms with E-state index < -0.39 is 0 Å². The van der Waals surface area contributed by atoms with Gasteiger partial charge in [0.2, 0.25) is 0 Å². The molecule has 0 bridgehead atoms. The van der Waals surface area contributed by atoms with E-state index in [1.165, 1.54) is 12.2 Å². The van der Waals surface area contributed by atoms with Gasteiger partial charge in [0, 0.05) is 12.1 Å². The van der Waals surface area contributed by atoms with Gasteiger partial charge in [-0.05, 0) is 19.1 Å². The fourth-order valence-corrected chi connectivity index (χ4v) is 1.08. The molecular weight excluding hydrogens is 166 g/mol. The number of hydrogen-bond donors (Lipinski definition) is 0. The molecule has 0 aliphatic heterocycles. The summed E-state index contributed by atoms with van der Waals surface area (Å²) in [6.45, 7) is 2.41. The zero-order chi connectivity index (χ0) is 9.68. The van der Waals surface area contributed by atoms with E-state index in [4.69, 9.17) is 4.84 Å². The van der Waals surface area contributed by atoms with Crippen molar-refractivity contribution < 1.29 is 9.63 Å². The minimum absolute atomic E-state index is 0.106. The maximum Gasteiger partial charge on any atom is 0.277 e. The van der Waals surface area contributed by atoms with E-state index in [9.17, 15) is 4.79 Å². The lowest BCUT2D eigenvalue weighted by Crippen LogP contribution is -2.29. The van der Waals surface area contributed by atoms with Crippen molar-refractivity contribution in [2.24, 2.45) is 0 Å². The molecule has 0 aliphatic carbocycles. The molecule has 1 amide bonds. The average molecular weight is 179 g/mol. The van der Waals surface area contributed by atoms with Gasteiger partial charge in [0.1, 0.15) is 0 Å². The molecule has 0 aliphatic rings. The smallest absolute Gasteiger partial charge is 0.274 e. The maximum absolute atomic E-state index is 11.6. The second kappa shape index (κ2) is 4.62. The van der Waals surface area contributed by atoms with Gasteiger partial charge < -0.3 is 0 Å². The number of hydroxylamine groups is 2. The standard InChI is InChI=1S/C10H13NO2/c1-3-11(13-2)10(12)9-7-5-4-6-8-9/h4-8H,3H2,1-2H3. The Labute approximate surface area is 77.9 Å². The molecule has 0 N–H and O–H groups in total. The van der Waals surface area contributed by atoms with Crippen LogP contribution in [0.5, 0.6) is 0 Å². The van der Waals surface area contributed by atoms with Gasteiger partial charge in [-0.25, -0.2) is 5.06 Å². The highest BCUT2D eigenvalue weighted by Crippen LogP contribution is 2.03. The normalized spacial score (nSPS) is 9.69. The number of carbonyl (C=O) groups excluding carboxylic acids is 1. The number of nitrogens with zero attached hydrogens (tertiary/aromatic N) is 1. The summed E-state index contributed by atoms with van der Waals surface area (Å²) < 4.78 is 0. The Morgan fingerprint density at radius 2 is 2.00 bits per heavy atom. The molecule has 0 atom stereocenters. The molecule has 0 heterocycles. The highest BCUT2D eigenvalue weighted by Gasteiger charge is 2.12. The van der Waals surface area contributed by atoms with Crippen molar-refractivity contribution >= 4 is 5.91 Å². The summed E-state index contributed by atoms with van der Waals surface area (Å²) in [6, 6.07) is 9.07. The third-order valence-electron chi connectivity index (χ3n) is 1.75. The SMILES string of the molecule is CCN(OC)C(=O)c1ccccc1. The molecule has 3 nitrogen and oxygen atoms in total. The van der Waals surface area contributed by atoms with E-state index in [1.54, 1.807) is 12.1 Å². The molecule has 13 heavy (non-hydrogen) atoms. The van der Waals surface area contributed by atoms with Crippen LogP contribution in [0.25, 0.3) is 0 Å². The molecule has 70 valence electrons. The first-order valence-electron chi connectivity index (χ1n) is 4.20. The quantitative estimate of drug-likeness (QED) is 0.661. The first kappa shape index (κ1) is 9.74. The summed E-state index contributed by atoms with van der Waals surface area (Å²) in [5.74, 6) is -0.106. The topological polar surface area (TPSA) is 29.5 Å². The van der Waals surface area contributed by atoms with Gasteiger partial charge in [-0.2, -0.15) is 0 Å². The molecule has 0 unspecified atom stereocenters. The summed E-state index contributed by atoms with van der Waals surface area (Å²) in [4.78, 5) is 16.5. The second-order valence-electron chi connectivity index (χ2n) is 2.55. The lowest BCUT2D eigenvalue weighted by atomic mass is 10.2. The average Bonchev–Trinajstić information content (AvgIpc) is 2.21. The van der Waals surface area contributed by atoms with E-state index in [-0.39, 0.29) is 5.91 Å². The fraction of sp³-hybridized carbons (Fsp3) is 0.300. The second-order valence-corrected chi connectivity index (χ2v) is 2.55. The molecule has 1 aromatic carbocycles. The van der Waals surface area contributed by atoms with Crippen LogP contribution in [0.15, 0.2) is 30.3 Å². The predicted molar refractivity (Wildman–Crippen MR) is 50.2 cm³/mol. The Morgan fingerprint density at radius 3 is 2.46 bits per heavy atom. The summed E-state index contributed by atoms with van der Waals surface area (Å²) >= 11 is 0. The summed E-state index contributed by atoms with van der Waals surface area (Å²) in [7, 11) is 1.49. The molecule has 3 heteroatoms. The molecule has 0 saturated carbocycles. The van der Waals surface area contributed by atoms with Gasteiger partial charge >= 0.3 is 0 Å². The molecule has 0 spiro atoms. The van der Waals surface area contributed by atoms with Gasteiger partial charge in [0.15, 0.2) is 0 Å². The van der Waals surface area contributed by atoms with Crippen molar-refractivity contribution in [1.29, 1.82) is 0 Å². The molecule has 0 saturated heterocycles. The summed E-state index contributed by atoms with van der Waals surface area (Å²) in [5.41, 5.74) is 0.645. The first-order valence-corrected chi connectivity index (χ1v) is 4.20. The monoisotopic (exact) mass is 179 g/mol. The summed E-state index contributed by atoms with van der Waals surface area (Å²) in [6.07, 6.45) is 0. The van der Waals surface area contributed by atoms with E-state index in [1.807, 2.05) is 25.1 Å². The lowest BCUT2D eigenvalue weighted by Gasteiger charge is -2.16. The van der Waals surface area contributed by atoms with Crippen LogP contribution < -0.4 is 0 Å². The van der Waals surface area contributed by atoms with Crippen LogP contribution in [0.1, 0.15) is 17.3 Å². The highest BCUT2D eigenvalue weighted by molar-refractivity contribution is 5.93. The number of hydrogen-bond acceptors (Lipinski definition) is 2. The molecule has 0 aromatic heterocycles. The van der Waals surface area contributed by atoms with Crippen molar-refractivity contribution in [3.05, 3.63) is 35.9 Å². The van der Waals surface area contributed by atoms with E-state index >= 15 is 0 Å². The zero-order valence-corrected chi connectivity index (χ0v) is 7.86. The molecular formula is C10H13NO2. The number of amides is 1. The lowest BCUT2D eigenvalue weighted by molar-refractivity contribution is -0.0915. The van der Waals surface area contributed by atoms with Gasteiger partial charge in [-0.15, -0.1) is 0 Å². The van der Waals surface area contributed by atoms with E-state index in [2.05, 4.69) is 0 Å². The third kappa shape index (κ3) is 2.29. The number of carbonyl (C=O) groups is 1. The minimum Gasteiger partial charge on any atom is -0.274 e. The Morgan fingerprint density at radius 1 is 1.38 bits per heavy atom. The van der Waals surface area contributed by atoms with Crippen LogP contribution in [-0.4, -0.2) is 24.6 Å². The van der Waals surface area contributed by atoms with Gasteiger partial charge in [-0.1, -0.05) is 18.2 Å².